The van der Waals surface area contributed by atoms with E-state index in [1.807, 2.05) is 61.8 Å². The normalized spacial score (nSPS) is 19.1. The molecule has 150 valence electrons. The number of hydrogen-bond donors (Lipinski definition) is 1. The number of carbonyl (C=O) groups excluding carboxylic acids is 2. The van der Waals surface area contributed by atoms with Crippen LogP contribution in [0.1, 0.15) is 30.0 Å². The van der Waals surface area contributed by atoms with Gasteiger partial charge in [0.2, 0.25) is 11.8 Å². The summed E-state index contributed by atoms with van der Waals surface area (Å²) in [5, 5.41) is 3.04. The molecule has 1 aromatic heterocycles. The first-order valence-electron chi connectivity index (χ1n) is 10.0. The SMILES string of the molecule is Cc1ccc([C@H]2[C@@H](C(=O)NCCCn3cnc4ccccc43)CC(=O)N2C)cc1. The fourth-order valence-corrected chi connectivity index (χ4v) is 4.10. The number of nitrogens with zero attached hydrogens (tertiary/aromatic N) is 3. The number of amides is 2. The van der Waals surface area contributed by atoms with Crippen LogP contribution in [0.25, 0.3) is 11.0 Å². The van der Waals surface area contributed by atoms with Gasteiger partial charge in [-0.25, -0.2) is 4.98 Å². The molecule has 1 aliphatic heterocycles. The van der Waals surface area contributed by atoms with Crippen LogP contribution >= 0.6 is 0 Å². The molecule has 1 N–H and O–H groups in total. The van der Waals surface area contributed by atoms with E-state index in [4.69, 9.17) is 0 Å². The summed E-state index contributed by atoms with van der Waals surface area (Å²) in [5.41, 5.74) is 4.24. The van der Waals surface area contributed by atoms with E-state index in [9.17, 15) is 9.59 Å². The molecular weight excluding hydrogens is 364 g/mol. The monoisotopic (exact) mass is 390 g/mol. The first-order valence-corrected chi connectivity index (χ1v) is 10.0. The predicted octanol–water partition coefficient (Wildman–Crippen LogP) is 3.07. The minimum absolute atomic E-state index is 0.0145. The number of fused-ring (bicyclic) bond motifs is 1. The molecule has 2 atom stereocenters. The van der Waals surface area contributed by atoms with E-state index < -0.39 is 0 Å². The highest BCUT2D eigenvalue weighted by Crippen LogP contribution is 2.37. The van der Waals surface area contributed by atoms with Crippen molar-refractivity contribution in [2.75, 3.05) is 13.6 Å². The molecule has 0 bridgehead atoms. The molecular formula is C23H26N4O2. The van der Waals surface area contributed by atoms with Gasteiger partial charge in [0.1, 0.15) is 0 Å². The third kappa shape index (κ3) is 3.88. The number of benzene rings is 2. The molecule has 3 aromatic rings. The maximum Gasteiger partial charge on any atom is 0.226 e. The van der Waals surface area contributed by atoms with Crippen LogP contribution in [-0.2, 0) is 16.1 Å². The molecule has 6 nitrogen and oxygen atoms in total. The number of aromatic nitrogens is 2. The van der Waals surface area contributed by atoms with E-state index in [-0.39, 0.29) is 30.2 Å². The van der Waals surface area contributed by atoms with E-state index >= 15 is 0 Å². The second-order valence-corrected chi connectivity index (χ2v) is 7.74. The van der Waals surface area contributed by atoms with Crippen LogP contribution in [0.5, 0.6) is 0 Å². The Labute approximate surface area is 170 Å². The second kappa shape index (κ2) is 8.07. The summed E-state index contributed by atoms with van der Waals surface area (Å²) in [6.45, 7) is 3.38. The molecule has 2 aromatic carbocycles. The van der Waals surface area contributed by atoms with E-state index in [1.165, 1.54) is 0 Å². The summed E-state index contributed by atoms with van der Waals surface area (Å²) >= 11 is 0. The van der Waals surface area contributed by atoms with Crippen molar-refractivity contribution in [1.29, 1.82) is 0 Å². The zero-order chi connectivity index (χ0) is 20.4. The Balaban J connectivity index is 1.36. The summed E-state index contributed by atoms with van der Waals surface area (Å²) in [4.78, 5) is 31.2. The van der Waals surface area contributed by atoms with Crippen LogP contribution in [0.15, 0.2) is 54.9 Å². The van der Waals surface area contributed by atoms with Crippen LogP contribution < -0.4 is 5.32 Å². The van der Waals surface area contributed by atoms with Crippen LogP contribution in [0.3, 0.4) is 0 Å². The molecule has 4 rings (SSSR count). The van der Waals surface area contributed by atoms with Crippen molar-refractivity contribution in [1.82, 2.24) is 19.8 Å². The number of likely N-dealkylation sites (tertiary alicyclic amines) is 1. The Morgan fingerprint density at radius 3 is 2.72 bits per heavy atom. The standard InChI is InChI=1S/C23H26N4O2/c1-16-8-10-17(11-9-16)22-18(14-21(28)26(22)2)23(29)24-12-5-13-27-15-25-19-6-3-4-7-20(19)27/h3-4,6-11,15,18,22H,5,12-14H2,1-2H3,(H,24,29)/t18-,22-/m0/s1. The van der Waals surface area contributed by atoms with Gasteiger partial charge in [0, 0.05) is 26.6 Å². The Bertz CT molecular complexity index is 1020. The maximum atomic E-state index is 12.9. The number of nitrogens with one attached hydrogen (secondary N) is 1. The molecule has 0 aliphatic carbocycles. The predicted molar refractivity (Wildman–Crippen MR) is 112 cm³/mol. The second-order valence-electron chi connectivity index (χ2n) is 7.74. The highest BCUT2D eigenvalue weighted by atomic mass is 16.2. The number of rotatable bonds is 6. The van der Waals surface area contributed by atoms with Crippen molar-refractivity contribution in [2.24, 2.45) is 5.92 Å². The molecule has 0 unspecified atom stereocenters. The van der Waals surface area contributed by atoms with Crippen LogP contribution in [0, 0.1) is 12.8 Å². The molecule has 0 spiro atoms. The fourth-order valence-electron chi connectivity index (χ4n) is 4.10. The average Bonchev–Trinajstić information content (AvgIpc) is 3.27. The third-order valence-electron chi connectivity index (χ3n) is 5.74. The van der Waals surface area contributed by atoms with E-state index in [2.05, 4.69) is 14.9 Å². The smallest absolute Gasteiger partial charge is 0.226 e. The Morgan fingerprint density at radius 1 is 1.17 bits per heavy atom. The Morgan fingerprint density at radius 2 is 1.93 bits per heavy atom. The van der Waals surface area contributed by atoms with Gasteiger partial charge in [-0.1, -0.05) is 42.0 Å². The average molecular weight is 390 g/mol. The van der Waals surface area contributed by atoms with Crippen LogP contribution in [0.4, 0.5) is 0 Å². The molecule has 6 heteroatoms. The number of para-hydroxylation sites is 2. The molecule has 2 heterocycles. The molecule has 2 amide bonds. The summed E-state index contributed by atoms with van der Waals surface area (Å²) in [7, 11) is 1.78. The summed E-state index contributed by atoms with van der Waals surface area (Å²) in [5.74, 6) is -0.395. The highest BCUT2D eigenvalue weighted by Gasteiger charge is 2.42. The third-order valence-corrected chi connectivity index (χ3v) is 5.74. The van der Waals surface area contributed by atoms with Gasteiger partial charge in [0.25, 0.3) is 0 Å². The minimum atomic E-state index is -0.357. The molecule has 1 aliphatic rings. The van der Waals surface area contributed by atoms with Crippen LogP contribution in [0.2, 0.25) is 0 Å². The number of aryl methyl sites for hydroxylation is 2. The molecule has 1 fully saturated rings. The first-order chi connectivity index (χ1) is 14.0. The first kappa shape index (κ1) is 19.2. The van der Waals surface area contributed by atoms with Crippen molar-refractivity contribution >= 4 is 22.8 Å². The zero-order valence-corrected chi connectivity index (χ0v) is 16.8. The Hall–Kier alpha value is -3.15. The number of hydrogen-bond acceptors (Lipinski definition) is 3. The minimum Gasteiger partial charge on any atom is -0.356 e. The van der Waals surface area contributed by atoms with Gasteiger partial charge < -0.3 is 14.8 Å². The van der Waals surface area contributed by atoms with Gasteiger partial charge in [-0.2, -0.15) is 0 Å². The number of carbonyl (C=O) groups is 2. The van der Waals surface area contributed by atoms with Gasteiger partial charge in [-0.3, -0.25) is 9.59 Å². The van der Waals surface area contributed by atoms with Gasteiger partial charge in [0.05, 0.1) is 29.3 Å². The molecule has 0 saturated carbocycles. The summed E-state index contributed by atoms with van der Waals surface area (Å²) in [6, 6.07) is 15.9. The van der Waals surface area contributed by atoms with Gasteiger partial charge in [-0.05, 0) is 31.0 Å². The van der Waals surface area contributed by atoms with Crippen molar-refractivity contribution in [3.8, 4) is 0 Å². The molecule has 0 radical (unpaired) electrons. The topological polar surface area (TPSA) is 67.2 Å². The number of imidazole rings is 1. The van der Waals surface area contributed by atoms with Crippen molar-refractivity contribution < 1.29 is 9.59 Å². The lowest BCUT2D eigenvalue weighted by Gasteiger charge is -2.25. The van der Waals surface area contributed by atoms with Crippen molar-refractivity contribution in [2.45, 2.75) is 32.4 Å². The highest BCUT2D eigenvalue weighted by molar-refractivity contribution is 5.90. The quantitative estimate of drug-likeness (QED) is 0.658. The molecule has 1 saturated heterocycles. The Kier molecular flexibility index (Phi) is 5.34. The lowest BCUT2D eigenvalue weighted by atomic mass is 9.92. The van der Waals surface area contributed by atoms with Crippen molar-refractivity contribution in [3.63, 3.8) is 0 Å². The maximum absolute atomic E-state index is 12.9. The largest absolute Gasteiger partial charge is 0.356 e. The summed E-state index contributed by atoms with van der Waals surface area (Å²) in [6.07, 6.45) is 2.90. The lowest BCUT2D eigenvalue weighted by Crippen LogP contribution is -2.35. The summed E-state index contributed by atoms with van der Waals surface area (Å²) < 4.78 is 2.10. The van der Waals surface area contributed by atoms with Gasteiger partial charge >= 0.3 is 0 Å². The molecule has 29 heavy (non-hydrogen) atoms. The van der Waals surface area contributed by atoms with Crippen LogP contribution in [-0.4, -0.2) is 39.9 Å². The lowest BCUT2D eigenvalue weighted by molar-refractivity contribution is -0.128. The fraction of sp³-hybridized carbons (Fsp3) is 0.348. The van der Waals surface area contributed by atoms with Gasteiger partial charge in [0.15, 0.2) is 0 Å². The van der Waals surface area contributed by atoms with E-state index in [0.717, 1.165) is 35.1 Å². The van der Waals surface area contributed by atoms with Gasteiger partial charge in [-0.15, -0.1) is 0 Å². The van der Waals surface area contributed by atoms with E-state index in [1.54, 1.807) is 11.9 Å². The van der Waals surface area contributed by atoms with Crippen molar-refractivity contribution in [3.05, 3.63) is 66.0 Å². The zero-order valence-electron chi connectivity index (χ0n) is 16.8. The van der Waals surface area contributed by atoms with E-state index in [0.29, 0.717) is 6.54 Å².